The molecule has 2 N–H and O–H groups in total. The predicted molar refractivity (Wildman–Crippen MR) is 69.7 cm³/mol. The van der Waals surface area contributed by atoms with E-state index in [-0.39, 0.29) is 0 Å². The lowest BCUT2D eigenvalue weighted by atomic mass is 10.3. The zero-order chi connectivity index (χ0) is 11.4. The lowest BCUT2D eigenvalue weighted by Crippen LogP contribution is -1.94. The number of halogens is 1. The molecule has 1 heterocycles. The fourth-order valence-electron chi connectivity index (χ4n) is 1.29. The molecule has 16 heavy (non-hydrogen) atoms. The molecule has 0 unspecified atom stereocenters. The minimum Gasteiger partial charge on any atom is -0.383 e. The van der Waals surface area contributed by atoms with E-state index in [0.717, 1.165) is 21.2 Å². The van der Waals surface area contributed by atoms with Gasteiger partial charge in [0, 0.05) is 27.4 Å². The van der Waals surface area contributed by atoms with Gasteiger partial charge in [-0.05, 0) is 24.3 Å². The fourth-order valence-corrected chi connectivity index (χ4v) is 2.50. The molecule has 1 aromatic heterocycles. The summed E-state index contributed by atoms with van der Waals surface area (Å²) < 4.78 is 0. The molecule has 0 spiro atoms. The number of nitrogen functional groups attached to an aromatic ring is 1. The van der Waals surface area contributed by atoms with Crippen LogP contribution < -0.4 is 5.73 Å². The zero-order valence-electron chi connectivity index (χ0n) is 8.56. The monoisotopic (exact) mass is 250 g/mol. The van der Waals surface area contributed by atoms with Crippen LogP contribution in [0.1, 0.15) is 5.56 Å². The number of aromatic nitrogens is 1. The van der Waals surface area contributed by atoms with E-state index in [4.69, 9.17) is 17.3 Å². The number of hydrogen-bond acceptors (Lipinski definition) is 3. The molecule has 0 aliphatic carbocycles. The second kappa shape index (κ2) is 5.23. The van der Waals surface area contributed by atoms with E-state index in [1.165, 1.54) is 0 Å². The molecule has 82 valence electrons. The van der Waals surface area contributed by atoms with Gasteiger partial charge in [0.05, 0.1) is 0 Å². The number of benzene rings is 1. The molecule has 0 saturated heterocycles. The van der Waals surface area contributed by atoms with Crippen LogP contribution in [0.15, 0.2) is 47.5 Å². The number of anilines is 1. The molecule has 0 aliphatic rings. The number of thioether (sulfide) groups is 1. The van der Waals surface area contributed by atoms with Crippen LogP contribution in [0.25, 0.3) is 0 Å². The third kappa shape index (κ3) is 2.90. The summed E-state index contributed by atoms with van der Waals surface area (Å²) in [5, 5.41) is 0.754. The first-order valence-electron chi connectivity index (χ1n) is 4.83. The van der Waals surface area contributed by atoms with Crippen LogP contribution in [-0.4, -0.2) is 4.98 Å². The van der Waals surface area contributed by atoms with Crippen molar-refractivity contribution < 1.29 is 0 Å². The Morgan fingerprint density at radius 2 is 2.12 bits per heavy atom. The first-order chi connectivity index (χ1) is 7.75. The zero-order valence-corrected chi connectivity index (χ0v) is 10.1. The largest absolute Gasteiger partial charge is 0.383 e. The molecular formula is C12H11ClN2S. The highest BCUT2D eigenvalue weighted by Gasteiger charge is 2.01. The lowest BCUT2D eigenvalue weighted by molar-refractivity contribution is 1.26. The van der Waals surface area contributed by atoms with E-state index in [1.807, 2.05) is 36.4 Å². The van der Waals surface area contributed by atoms with Gasteiger partial charge in [-0.25, -0.2) is 4.98 Å². The molecule has 1 aromatic carbocycles. The molecule has 0 radical (unpaired) electrons. The van der Waals surface area contributed by atoms with Gasteiger partial charge in [0.2, 0.25) is 0 Å². The van der Waals surface area contributed by atoms with Crippen molar-refractivity contribution in [3.05, 3.63) is 53.2 Å². The standard InChI is InChI=1S/C12H11ClN2S/c13-10-4-1-5-11(7-10)16-8-9-3-2-6-15-12(9)14/h1-7H,8H2,(H2,14,15). The van der Waals surface area contributed by atoms with Crippen molar-refractivity contribution in [1.82, 2.24) is 4.98 Å². The summed E-state index contributed by atoms with van der Waals surface area (Å²) in [6, 6.07) is 11.7. The highest BCUT2D eigenvalue weighted by molar-refractivity contribution is 7.98. The van der Waals surface area contributed by atoms with Crippen LogP contribution in [0, 0.1) is 0 Å². The van der Waals surface area contributed by atoms with Crippen LogP contribution in [-0.2, 0) is 5.75 Å². The van der Waals surface area contributed by atoms with Crippen molar-refractivity contribution >= 4 is 29.2 Å². The molecule has 4 heteroatoms. The number of nitrogens with zero attached hydrogens (tertiary/aromatic N) is 1. The van der Waals surface area contributed by atoms with E-state index in [2.05, 4.69) is 4.98 Å². The number of rotatable bonds is 3. The normalized spacial score (nSPS) is 10.3. The lowest BCUT2D eigenvalue weighted by Gasteiger charge is -2.04. The average Bonchev–Trinajstić information content (AvgIpc) is 2.28. The van der Waals surface area contributed by atoms with Gasteiger partial charge in [-0.2, -0.15) is 0 Å². The molecule has 0 amide bonds. The smallest absolute Gasteiger partial charge is 0.127 e. The van der Waals surface area contributed by atoms with E-state index in [9.17, 15) is 0 Å². The molecule has 2 nitrogen and oxygen atoms in total. The number of pyridine rings is 1. The van der Waals surface area contributed by atoms with Crippen molar-refractivity contribution in [1.29, 1.82) is 0 Å². The quantitative estimate of drug-likeness (QED) is 0.846. The first kappa shape index (κ1) is 11.3. The Balaban J connectivity index is 2.05. The van der Waals surface area contributed by atoms with Crippen LogP contribution in [0.2, 0.25) is 5.02 Å². The molecule has 2 rings (SSSR count). The Kier molecular flexibility index (Phi) is 3.70. The van der Waals surface area contributed by atoms with Crippen LogP contribution in [0.4, 0.5) is 5.82 Å². The minimum absolute atomic E-state index is 0.594. The summed E-state index contributed by atoms with van der Waals surface area (Å²) in [6.45, 7) is 0. The van der Waals surface area contributed by atoms with Gasteiger partial charge in [0.25, 0.3) is 0 Å². The summed E-state index contributed by atoms with van der Waals surface area (Å²) in [7, 11) is 0. The maximum absolute atomic E-state index is 5.91. The highest BCUT2D eigenvalue weighted by atomic mass is 35.5. The van der Waals surface area contributed by atoms with Crippen molar-refractivity contribution in [2.75, 3.05) is 5.73 Å². The average molecular weight is 251 g/mol. The Hall–Kier alpha value is -1.19. The van der Waals surface area contributed by atoms with Gasteiger partial charge in [-0.1, -0.05) is 23.7 Å². The number of nitrogens with two attached hydrogens (primary N) is 1. The summed E-state index contributed by atoms with van der Waals surface area (Å²) in [4.78, 5) is 5.18. The molecule has 0 bridgehead atoms. The summed E-state index contributed by atoms with van der Waals surface area (Å²) in [6.07, 6.45) is 1.70. The van der Waals surface area contributed by atoms with E-state index in [1.54, 1.807) is 18.0 Å². The van der Waals surface area contributed by atoms with Crippen LogP contribution in [0.5, 0.6) is 0 Å². The Morgan fingerprint density at radius 3 is 2.88 bits per heavy atom. The van der Waals surface area contributed by atoms with Crippen molar-refractivity contribution in [2.45, 2.75) is 10.6 Å². The Morgan fingerprint density at radius 1 is 1.25 bits per heavy atom. The molecule has 0 aliphatic heterocycles. The van der Waals surface area contributed by atoms with E-state index in [0.29, 0.717) is 5.82 Å². The second-order valence-electron chi connectivity index (χ2n) is 3.29. The van der Waals surface area contributed by atoms with Gasteiger partial charge in [-0.15, -0.1) is 11.8 Å². The van der Waals surface area contributed by atoms with Crippen molar-refractivity contribution in [2.24, 2.45) is 0 Å². The fraction of sp³-hybridized carbons (Fsp3) is 0.0833. The summed E-state index contributed by atoms with van der Waals surface area (Å²) in [5.74, 6) is 1.40. The predicted octanol–water partition coefficient (Wildman–Crippen LogP) is 3.61. The van der Waals surface area contributed by atoms with Crippen molar-refractivity contribution in [3.8, 4) is 0 Å². The molecular weight excluding hydrogens is 240 g/mol. The maximum Gasteiger partial charge on any atom is 0.127 e. The summed E-state index contributed by atoms with van der Waals surface area (Å²) in [5.41, 5.74) is 6.81. The topological polar surface area (TPSA) is 38.9 Å². The molecule has 0 saturated carbocycles. The van der Waals surface area contributed by atoms with Gasteiger partial charge in [0.15, 0.2) is 0 Å². The maximum atomic E-state index is 5.91. The van der Waals surface area contributed by atoms with Crippen LogP contribution >= 0.6 is 23.4 Å². The van der Waals surface area contributed by atoms with Gasteiger partial charge in [0.1, 0.15) is 5.82 Å². The molecule has 0 fully saturated rings. The number of hydrogen-bond donors (Lipinski definition) is 1. The summed E-state index contributed by atoms with van der Waals surface area (Å²) >= 11 is 7.60. The minimum atomic E-state index is 0.594. The first-order valence-corrected chi connectivity index (χ1v) is 6.20. The van der Waals surface area contributed by atoms with Crippen LogP contribution in [0.3, 0.4) is 0 Å². The SMILES string of the molecule is Nc1ncccc1CSc1cccc(Cl)c1. The highest BCUT2D eigenvalue weighted by Crippen LogP contribution is 2.26. The molecule has 0 atom stereocenters. The van der Waals surface area contributed by atoms with Gasteiger partial charge >= 0.3 is 0 Å². The van der Waals surface area contributed by atoms with E-state index < -0.39 is 0 Å². The van der Waals surface area contributed by atoms with Gasteiger partial charge < -0.3 is 5.73 Å². The third-order valence-electron chi connectivity index (χ3n) is 2.12. The Labute approximate surface area is 104 Å². The second-order valence-corrected chi connectivity index (χ2v) is 4.78. The van der Waals surface area contributed by atoms with E-state index >= 15 is 0 Å². The van der Waals surface area contributed by atoms with Gasteiger partial charge in [-0.3, -0.25) is 0 Å². The third-order valence-corrected chi connectivity index (χ3v) is 3.39. The molecule has 2 aromatic rings. The Bertz CT molecular complexity index is 488. The van der Waals surface area contributed by atoms with Crippen molar-refractivity contribution in [3.63, 3.8) is 0 Å².